The summed E-state index contributed by atoms with van der Waals surface area (Å²) < 4.78 is 0. The van der Waals surface area contributed by atoms with Crippen molar-refractivity contribution in [1.29, 1.82) is 0 Å². The zero-order chi connectivity index (χ0) is 65.2. The molecule has 7 nitrogen and oxygen atoms in total. The van der Waals surface area contributed by atoms with Gasteiger partial charge in [0.05, 0.1) is 5.69 Å². The second-order valence-corrected chi connectivity index (χ2v) is 27.2. The van der Waals surface area contributed by atoms with Crippen molar-refractivity contribution >= 4 is 51.8 Å². The zero-order valence-electron chi connectivity index (χ0n) is 59.6. The molecule has 0 unspecified atom stereocenters. The zero-order valence-corrected chi connectivity index (χ0v) is 59.6. The van der Waals surface area contributed by atoms with E-state index in [0.717, 1.165) is 90.4 Å². The number of rotatable bonds is 51. The van der Waals surface area contributed by atoms with E-state index in [1.807, 2.05) is 0 Å². The lowest BCUT2D eigenvalue weighted by molar-refractivity contribution is 0.607. The molecule has 93 heavy (non-hydrogen) atoms. The van der Waals surface area contributed by atoms with Crippen molar-refractivity contribution in [2.75, 3.05) is 14.7 Å². The van der Waals surface area contributed by atoms with Crippen LogP contribution in [0, 0.1) is 0 Å². The molecule has 0 bridgehead atoms. The van der Waals surface area contributed by atoms with Gasteiger partial charge in [0.2, 0.25) is 0 Å². The Morgan fingerprint density at radius 1 is 0.204 bits per heavy atom. The van der Waals surface area contributed by atoms with Gasteiger partial charge in [-0.25, -0.2) is 19.9 Å². The van der Waals surface area contributed by atoms with E-state index in [1.54, 1.807) is 0 Å². The third-order valence-corrected chi connectivity index (χ3v) is 19.1. The van der Waals surface area contributed by atoms with Gasteiger partial charge in [0.25, 0.3) is 0 Å². The Hall–Kier alpha value is -6.34. The number of anilines is 9. The van der Waals surface area contributed by atoms with Crippen LogP contribution in [0.4, 0.5) is 51.8 Å². The molecule has 3 aromatic carbocycles. The predicted molar refractivity (Wildman–Crippen MR) is 404 cm³/mol. The van der Waals surface area contributed by atoms with Gasteiger partial charge in [0.15, 0.2) is 0 Å². The van der Waals surface area contributed by atoms with Crippen LogP contribution >= 0.6 is 0 Å². The number of benzene rings is 3. The summed E-state index contributed by atoms with van der Waals surface area (Å²) in [6.07, 6.45) is 58.7. The molecular weight excluding hydrogens is 1130 g/mol. The molecule has 4 heterocycles. The fraction of sp³-hybridized carbons (Fsp3) is 0.558. The topological polar surface area (TPSA) is 61.3 Å². The first kappa shape index (κ1) is 74.1. The summed E-state index contributed by atoms with van der Waals surface area (Å²) in [6, 6.07) is 46.2. The maximum Gasteiger partial charge on any atom is 0.143 e. The van der Waals surface area contributed by atoms with E-state index in [9.17, 15) is 0 Å². The van der Waals surface area contributed by atoms with Gasteiger partial charge in [-0.1, -0.05) is 289 Å². The minimum absolute atomic E-state index is 0.774. The number of nitrogens with zero attached hydrogens (tertiary/aromatic N) is 7. The summed E-state index contributed by atoms with van der Waals surface area (Å²) in [5, 5.41) is 0. The first-order chi connectivity index (χ1) is 45.9. The SMILES string of the molecule is CCCCCCCCc1ccc(N(c2cc(N(c3ccc(CCCCCCCC)cc3)c3ccc(CCCCCCCC)cn3)nc(N(c3ccc(CCCCCCCC)cc3)c3ccc(CCCCCCCC)cn3)c2)c2ccc(CCCCCCCC)cn2)cc1. The normalized spacial score (nSPS) is 11.4. The first-order valence-electron chi connectivity index (χ1n) is 38.5. The monoisotopic (exact) mass is 1260 g/mol. The quantitative estimate of drug-likeness (QED) is 0.0352. The number of hydrogen-bond acceptors (Lipinski definition) is 7. The van der Waals surface area contributed by atoms with E-state index in [0.29, 0.717) is 0 Å². The van der Waals surface area contributed by atoms with Crippen molar-refractivity contribution in [3.05, 3.63) is 173 Å². The van der Waals surface area contributed by atoms with Crippen LogP contribution in [-0.2, 0) is 38.5 Å². The molecule has 0 fully saturated rings. The van der Waals surface area contributed by atoms with E-state index < -0.39 is 0 Å². The highest BCUT2D eigenvalue weighted by molar-refractivity contribution is 5.84. The van der Waals surface area contributed by atoms with Gasteiger partial charge in [-0.15, -0.1) is 0 Å². The van der Waals surface area contributed by atoms with Crippen molar-refractivity contribution in [1.82, 2.24) is 19.9 Å². The van der Waals surface area contributed by atoms with Crippen molar-refractivity contribution in [2.24, 2.45) is 0 Å². The average Bonchev–Trinajstić information content (AvgIpc) is 0.804. The van der Waals surface area contributed by atoms with Crippen LogP contribution in [0.15, 0.2) is 140 Å². The Kier molecular flexibility index (Phi) is 35.9. The van der Waals surface area contributed by atoms with E-state index >= 15 is 0 Å². The standard InChI is InChI=1S/C86H125N7/c1-7-13-19-25-31-37-43-72-49-58-78(59-50-72)91(82-64-55-75(69-87-82)46-40-34-28-22-16-10-4)81-67-85(92(79-60-51-73(52-61-79)44-38-32-26-20-14-8-2)83-65-56-76(70-88-83)47-41-35-29-23-17-11-5)90-86(68-81)93(80-62-53-74(54-63-80)45-39-33-27-21-15-9-3)84-66-57-77(71-89-84)48-42-36-30-24-18-12-6/h49-71H,7-48H2,1-6H3. The molecule has 4 aromatic heterocycles. The molecule has 7 rings (SSSR count). The summed E-state index contributed by atoms with van der Waals surface area (Å²) >= 11 is 0. The summed E-state index contributed by atoms with van der Waals surface area (Å²) in [7, 11) is 0. The fourth-order valence-corrected chi connectivity index (χ4v) is 13.2. The van der Waals surface area contributed by atoms with E-state index in [2.05, 4.69) is 196 Å². The molecule has 0 saturated carbocycles. The van der Waals surface area contributed by atoms with Crippen LogP contribution in [-0.4, -0.2) is 19.9 Å². The van der Waals surface area contributed by atoms with Gasteiger partial charge in [-0.2, -0.15) is 0 Å². The molecular formula is C86H125N7. The lowest BCUT2D eigenvalue weighted by Crippen LogP contribution is -2.19. The number of hydrogen-bond donors (Lipinski definition) is 0. The molecule has 0 N–H and O–H groups in total. The number of pyridine rings is 4. The van der Waals surface area contributed by atoms with Crippen molar-refractivity contribution in [3.63, 3.8) is 0 Å². The second kappa shape index (κ2) is 45.1. The molecule has 0 radical (unpaired) electrons. The summed E-state index contributed by atoms with van der Waals surface area (Å²) in [4.78, 5) is 29.1. The smallest absolute Gasteiger partial charge is 0.143 e. The van der Waals surface area contributed by atoms with Gasteiger partial charge in [-0.3, -0.25) is 14.7 Å². The van der Waals surface area contributed by atoms with Crippen molar-refractivity contribution in [3.8, 4) is 0 Å². The summed E-state index contributed by atoms with van der Waals surface area (Å²) in [5.74, 6) is 4.10. The van der Waals surface area contributed by atoms with Crippen molar-refractivity contribution < 1.29 is 0 Å². The molecule has 504 valence electrons. The van der Waals surface area contributed by atoms with Crippen LogP contribution in [0.5, 0.6) is 0 Å². The fourth-order valence-electron chi connectivity index (χ4n) is 13.2. The van der Waals surface area contributed by atoms with Gasteiger partial charge in [0, 0.05) is 47.8 Å². The molecule has 7 aromatic rings. The lowest BCUT2D eigenvalue weighted by atomic mass is 10.0. The molecule has 0 atom stereocenters. The number of unbranched alkanes of at least 4 members (excludes halogenated alkanes) is 30. The molecule has 7 heteroatoms. The number of aromatic nitrogens is 4. The Bertz CT molecular complexity index is 2470. The van der Waals surface area contributed by atoms with Crippen LogP contribution in [0.1, 0.15) is 306 Å². The van der Waals surface area contributed by atoms with Gasteiger partial charge >= 0.3 is 0 Å². The third-order valence-electron chi connectivity index (χ3n) is 19.1. The predicted octanol–water partition coefficient (Wildman–Crippen LogP) is 27.1. The second-order valence-electron chi connectivity index (χ2n) is 27.2. The minimum atomic E-state index is 0.774. The highest BCUT2D eigenvalue weighted by Crippen LogP contribution is 2.44. The maximum absolute atomic E-state index is 5.91. The van der Waals surface area contributed by atoms with E-state index in [1.165, 1.54) is 265 Å². The highest BCUT2D eigenvalue weighted by Gasteiger charge is 2.26. The van der Waals surface area contributed by atoms with E-state index in [-0.39, 0.29) is 0 Å². The van der Waals surface area contributed by atoms with Gasteiger partial charge in [-0.05, 0) is 165 Å². The highest BCUT2D eigenvalue weighted by atomic mass is 15.3. The van der Waals surface area contributed by atoms with Crippen LogP contribution < -0.4 is 14.7 Å². The molecule has 0 spiro atoms. The number of aryl methyl sites for hydroxylation is 6. The van der Waals surface area contributed by atoms with Gasteiger partial charge in [0.1, 0.15) is 29.1 Å². The van der Waals surface area contributed by atoms with Crippen LogP contribution in [0.25, 0.3) is 0 Å². The molecule has 0 saturated heterocycles. The first-order valence-corrected chi connectivity index (χ1v) is 38.5. The van der Waals surface area contributed by atoms with Gasteiger partial charge < -0.3 is 0 Å². The minimum Gasteiger partial charge on any atom is -0.295 e. The summed E-state index contributed by atoms with van der Waals surface area (Å²) in [6.45, 7) is 13.8. The lowest BCUT2D eigenvalue weighted by Gasteiger charge is -2.31. The Balaban J connectivity index is 1.39. The van der Waals surface area contributed by atoms with Crippen LogP contribution in [0.3, 0.4) is 0 Å². The molecule has 0 amide bonds. The Labute approximate surface area is 567 Å². The van der Waals surface area contributed by atoms with Crippen molar-refractivity contribution in [2.45, 2.75) is 311 Å². The third kappa shape index (κ3) is 26.8. The molecule has 0 aliphatic heterocycles. The average molecular weight is 1260 g/mol. The Morgan fingerprint density at radius 3 is 0.667 bits per heavy atom. The van der Waals surface area contributed by atoms with Crippen LogP contribution in [0.2, 0.25) is 0 Å². The molecule has 0 aliphatic rings. The molecule has 0 aliphatic carbocycles. The van der Waals surface area contributed by atoms with E-state index in [4.69, 9.17) is 19.9 Å². The Morgan fingerprint density at radius 2 is 0.419 bits per heavy atom. The maximum atomic E-state index is 5.91. The largest absolute Gasteiger partial charge is 0.295 e. The summed E-state index contributed by atoms with van der Waals surface area (Å²) in [5.41, 5.74) is 12.0.